The van der Waals surface area contributed by atoms with E-state index in [4.69, 9.17) is 4.74 Å². The molecule has 1 N–H and O–H groups in total. The summed E-state index contributed by atoms with van der Waals surface area (Å²) in [4.78, 5) is 0. The van der Waals surface area contributed by atoms with Crippen molar-refractivity contribution in [3.63, 3.8) is 0 Å². The summed E-state index contributed by atoms with van der Waals surface area (Å²) in [6.07, 6.45) is 21.1. The lowest BCUT2D eigenvalue weighted by molar-refractivity contribution is -0.0259. The van der Waals surface area contributed by atoms with Crippen molar-refractivity contribution in [3.8, 4) is 0 Å². The van der Waals surface area contributed by atoms with Gasteiger partial charge in [0.2, 0.25) is 0 Å². The quantitative estimate of drug-likeness (QED) is 0.823. The van der Waals surface area contributed by atoms with Gasteiger partial charge in [-0.3, -0.25) is 5.10 Å². The van der Waals surface area contributed by atoms with Crippen LogP contribution in [0.15, 0.2) is 12.4 Å². The minimum atomic E-state index is 0.607. The molecule has 0 spiro atoms. The predicted octanol–water partition coefficient (Wildman–Crippen LogP) is 4.25. The van der Waals surface area contributed by atoms with Crippen LogP contribution in [0.5, 0.6) is 0 Å². The molecule has 2 saturated carbocycles. The Morgan fingerprint density at radius 2 is 1.25 bits per heavy atom. The third-order valence-corrected chi connectivity index (χ3v) is 4.32. The Hall–Kier alpha value is -0.900. The first kappa shape index (κ1) is 15.5. The molecule has 4 nitrogen and oxygen atoms in total. The predicted molar refractivity (Wildman–Crippen MR) is 80.4 cm³/mol. The highest BCUT2D eigenvalue weighted by atomic mass is 16.5. The van der Waals surface area contributed by atoms with E-state index in [1.54, 1.807) is 12.4 Å². The number of hydrogen-bond donors (Lipinski definition) is 1. The number of nitrogens with zero attached hydrogens (tertiary/aromatic N) is 2. The van der Waals surface area contributed by atoms with Gasteiger partial charge >= 0.3 is 0 Å². The van der Waals surface area contributed by atoms with Crippen LogP contribution in [0.4, 0.5) is 0 Å². The molecule has 0 aliphatic heterocycles. The van der Waals surface area contributed by atoms with Gasteiger partial charge in [-0.2, -0.15) is 0 Å². The molecule has 1 aromatic rings. The zero-order valence-corrected chi connectivity index (χ0v) is 12.6. The molecule has 0 aromatic carbocycles. The molecule has 114 valence electrons. The Balaban J connectivity index is 0.000000247. The van der Waals surface area contributed by atoms with Gasteiger partial charge in [0.15, 0.2) is 0 Å². The van der Waals surface area contributed by atoms with E-state index in [0.717, 1.165) is 0 Å². The van der Waals surface area contributed by atoms with Gasteiger partial charge in [-0.25, -0.2) is 0 Å². The summed E-state index contributed by atoms with van der Waals surface area (Å²) in [5.74, 6) is 0. The van der Waals surface area contributed by atoms with E-state index < -0.39 is 0 Å². The molecular weight excluding hydrogens is 250 g/mol. The Labute approximate surface area is 122 Å². The maximum atomic E-state index is 6.29. The third kappa shape index (κ3) is 6.51. The van der Waals surface area contributed by atoms with Gasteiger partial charge in [-0.1, -0.05) is 56.6 Å². The van der Waals surface area contributed by atoms with Crippen LogP contribution in [0.3, 0.4) is 0 Å². The van der Waals surface area contributed by atoms with E-state index >= 15 is 0 Å². The topological polar surface area (TPSA) is 50.8 Å². The van der Waals surface area contributed by atoms with Crippen LogP contribution >= 0.6 is 0 Å². The molecule has 0 amide bonds. The zero-order chi connectivity index (χ0) is 13.9. The molecule has 0 radical (unpaired) electrons. The summed E-state index contributed by atoms with van der Waals surface area (Å²) in [5, 5.41) is 9.26. The van der Waals surface area contributed by atoms with Gasteiger partial charge in [0.05, 0.1) is 18.4 Å². The standard InChI is InChI=1S/C14H26O.C2H3N3/c1-2-6-10-13(9-5-1)15-14-11-7-3-4-8-12-14;1-2-4-5-3-1/h13-14H,1-12H2;1-2H,(H,3,4,5). The minimum absolute atomic E-state index is 0.607. The first-order chi connectivity index (χ1) is 9.95. The molecule has 2 aliphatic rings. The van der Waals surface area contributed by atoms with Gasteiger partial charge in [0.25, 0.3) is 0 Å². The zero-order valence-electron chi connectivity index (χ0n) is 12.6. The van der Waals surface area contributed by atoms with Crippen LogP contribution in [0.25, 0.3) is 0 Å². The average Bonchev–Trinajstić information content (AvgIpc) is 2.81. The van der Waals surface area contributed by atoms with Crippen molar-refractivity contribution < 1.29 is 4.74 Å². The van der Waals surface area contributed by atoms with Gasteiger partial charge in [0, 0.05) is 6.20 Å². The first-order valence-electron chi connectivity index (χ1n) is 8.41. The van der Waals surface area contributed by atoms with Crippen molar-refractivity contribution in [2.75, 3.05) is 0 Å². The second-order valence-electron chi connectivity index (χ2n) is 6.02. The number of rotatable bonds is 2. The fourth-order valence-corrected chi connectivity index (χ4v) is 3.19. The SMILES string of the molecule is C1CCCC(OC2CCCCCC2)CC1.c1c[nH]nn1. The van der Waals surface area contributed by atoms with Crippen molar-refractivity contribution in [1.29, 1.82) is 0 Å². The summed E-state index contributed by atoms with van der Waals surface area (Å²) in [6.45, 7) is 0. The maximum absolute atomic E-state index is 6.29. The normalized spacial score (nSPS) is 22.4. The van der Waals surface area contributed by atoms with Crippen molar-refractivity contribution in [3.05, 3.63) is 12.4 Å². The summed E-state index contributed by atoms with van der Waals surface area (Å²) in [7, 11) is 0. The Morgan fingerprint density at radius 3 is 1.55 bits per heavy atom. The first-order valence-corrected chi connectivity index (χ1v) is 8.41. The third-order valence-electron chi connectivity index (χ3n) is 4.32. The lowest BCUT2D eigenvalue weighted by Crippen LogP contribution is -2.21. The van der Waals surface area contributed by atoms with Crippen LogP contribution < -0.4 is 0 Å². The molecule has 2 fully saturated rings. The largest absolute Gasteiger partial charge is 0.375 e. The van der Waals surface area contributed by atoms with Crippen LogP contribution in [0.2, 0.25) is 0 Å². The van der Waals surface area contributed by atoms with E-state index in [0.29, 0.717) is 12.2 Å². The van der Waals surface area contributed by atoms with Crippen LogP contribution in [0, 0.1) is 0 Å². The van der Waals surface area contributed by atoms with Crippen molar-refractivity contribution in [1.82, 2.24) is 15.4 Å². The number of aromatic amines is 1. The molecule has 1 heterocycles. The Morgan fingerprint density at radius 1 is 0.750 bits per heavy atom. The van der Waals surface area contributed by atoms with E-state index in [1.807, 2.05) is 0 Å². The Kier molecular flexibility index (Phi) is 7.68. The number of hydrogen-bond acceptors (Lipinski definition) is 3. The second kappa shape index (κ2) is 9.92. The molecule has 0 atom stereocenters. The molecule has 4 heteroatoms. The lowest BCUT2D eigenvalue weighted by atomic mass is 10.1. The molecular formula is C16H29N3O. The number of ether oxygens (including phenoxy) is 1. The van der Waals surface area contributed by atoms with Crippen molar-refractivity contribution in [2.24, 2.45) is 0 Å². The van der Waals surface area contributed by atoms with Gasteiger partial charge < -0.3 is 4.74 Å². The van der Waals surface area contributed by atoms with E-state index in [1.165, 1.54) is 77.0 Å². The van der Waals surface area contributed by atoms with Gasteiger partial charge in [-0.15, -0.1) is 5.10 Å². The summed E-state index contributed by atoms with van der Waals surface area (Å²) < 4.78 is 6.29. The van der Waals surface area contributed by atoms with Crippen LogP contribution in [0.1, 0.15) is 77.0 Å². The Bertz CT molecular complexity index is 264. The molecule has 2 aliphatic carbocycles. The minimum Gasteiger partial charge on any atom is -0.375 e. The number of aromatic nitrogens is 3. The maximum Gasteiger partial charge on any atom is 0.0690 e. The van der Waals surface area contributed by atoms with Gasteiger partial charge in [0.1, 0.15) is 0 Å². The van der Waals surface area contributed by atoms with Gasteiger partial charge in [-0.05, 0) is 25.7 Å². The number of nitrogens with one attached hydrogen (secondary N) is 1. The van der Waals surface area contributed by atoms with E-state index in [9.17, 15) is 0 Å². The molecule has 0 unspecified atom stereocenters. The monoisotopic (exact) mass is 279 g/mol. The molecule has 1 aromatic heterocycles. The van der Waals surface area contributed by atoms with E-state index in [-0.39, 0.29) is 0 Å². The van der Waals surface area contributed by atoms with E-state index in [2.05, 4.69) is 15.4 Å². The second-order valence-corrected chi connectivity index (χ2v) is 6.02. The highest BCUT2D eigenvalue weighted by molar-refractivity contribution is 4.70. The summed E-state index contributed by atoms with van der Waals surface area (Å²) >= 11 is 0. The molecule has 0 bridgehead atoms. The smallest absolute Gasteiger partial charge is 0.0690 e. The van der Waals surface area contributed by atoms with Crippen molar-refractivity contribution >= 4 is 0 Å². The van der Waals surface area contributed by atoms with Crippen molar-refractivity contribution in [2.45, 2.75) is 89.3 Å². The highest BCUT2D eigenvalue weighted by Crippen LogP contribution is 2.26. The summed E-state index contributed by atoms with van der Waals surface area (Å²) in [6, 6.07) is 0. The fourth-order valence-electron chi connectivity index (χ4n) is 3.19. The molecule has 3 rings (SSSR count). The lowest BCUT2D eigenvalue weighted by Gasteiger charge is -2.22. The van der Waals surface area contributed by atoms with Crippen LogP contribution in [-0.4, -0.2) is 27.6 Å². The molecule has 20 heavy (non-hydrogen) atoms. The fraction of sp³-hybridized carbons (Fsp3) is 0.875. The average molecular weight is 279 g/mol. The molecule has 0 saturated heterocycles. The highest BCUT2D eigenvalue weighted by Gasteiger charge is 2.19. The van der Waals surface area contributed by atoms with Crippen LogP contribution in [-0.2, 0) is 4.74 Å². The number of H-pyrrole nitrogens is 1. The summed E-state index contributed by atoms with van der Waals surface area (Å²) in [5.41, 5.74) is 0.